The van der Waals surface area contributed by atoms with Crippen LogP contribution in [0.3, 0.4) is 0 Å². The molecule has 0 N–H and O–H groups in total. The number of carbonyl (C=O) groups excluding carboxylic acids is 3. The lowest BCUT2D eigenvalue weighted by atomic mass is 9.90. The number of anilines is 1. The zero-order valence-electron chi connectivity index (χ0n) is 16.1. The minimum atomic E-state index is -4.48. The van der Waals surface area contributed by atoms with Crippen LogP contribution in [0.1, 0.15) is 11.1 Å². The summed E-state index contributed by atoms with van der Waals surface area (Å²) in [7, 11) is 0. The molecular weight excluding hydrogens is 409 g/mol. The van der Waals surface area contributed by atoms with E-state index in [4.69, 9.17) is 0 Å². The van der Waals surface area contributed by atoms with Gasteiger partial charge in [0.15, 0.2) is 5.78 Å². The van der Waals surface area contributed by atoms with Crippen LogP contribution in [0.25, 0.3) is 0 Å². The first kappa shape index (κ1) is 19.7. The van der Waals surface area contributed by atoms with Crippen LogP contribution in [0.2, 0.25) is 0 Å². The molecule has 3 aliphatic rings. The minimum Gasteiger partial charge on any atom is -0.293 e. The highest BCUT2D eigenvalue weighted by molar-refractivity contribution is 6.24. The van der Waals surface area contributed by atoms with Gasteiger partial charge in [-0.1, -0.05) is 42.5 Å². The monoisotopic (exact) mass is 426 g/mol. The average Bonchev–Trinajstić information content (AvgIpc) is 3.12. The maximum absolute atomic E-state index is 13.2. The van der Waals surface area contributed by atoms with E-state index in [2.05, 4.69) is 0 Å². The van der Waals surface area contributed by atoms with Gasteiger partial charge in [0, 0.05) is 12.6 Å². The summed E-state index contributed by atoms with van der Waals surface area (Å²) >= 11 is 0. The average molecular weight is 426 g/mol. The van der Waals surface area contributed by atoms with E-state index >= 15 is 0 Å². The smallest absolute Gasteiger partial charge is 0.293 e. The van der Waals surface area contributed by atoms with Gasteiger partial charge >= 0.3 is 6.18 Å². The molecule has 3 aliphatic heterocycles. The molecule has 31 heavy (non-hydrogen) atoms. The molecule has 2 aromatic carbocycles. The second-order valence-electron chi connectivity index (χ2n) is 7.97. The summed E-state index contributed by atoms with van der Waals surface area (Å²) in [5.74, 6) is -2.74. The van der Waals surface area contributed by atoms with Crippen molar-refractivity contribution < 1.29 is 27.6 Å². The second kappa shape index (κ2) is 6.88. The molecule has 0 spiro atoms. The van der Waals surface area contributed by atoms with Crippen molar-refractivity contribution in [2.24, 2.45) is 11.8 Å². The molecule has 0 saturated carbocycles. The molecule has 5 nitrogen and oxygen atoms in total. The van der Waals surface area contributed by atoms with Crippen LogP contribution < -0.4 is 4.90 Å². The summed E-state index contributed by atoms with van der Waals surface area (Å²) in [6.07, 6.45) is -1.51. The van der Waals surface area contributed by atoms with Crippen LogP contribution in [0.4, 0.5) is 18.9 Å². The van der Waals surface area contributed by atoms with Gasteiger partial charge in [-0.2, -0.15) is 13.2 Å². The molecule has 4 atom stereocenters. The lowest BCUT2D eigenvalue weighted by Gasteiger charge is -2.33. The van der Waals surface area contributed by atoms with Gasteiger partial charge in [-0.3, -0.25) is 19.3 Å². The van der Waals surface area contributed by atoms with E-state index in [0.29, 0.717) is 11.3 Å². The molecule has 2 fully saturated rings. The number of fused-ring (bicyclic) bond motifs is 5. The van der Waals surface area contributed by atoms with Gasteiger partial charge in [-0.15, -0.1) is 0 Å². The number of rotatable bonds is 3. The number of carbonyl (C=O) groups is 3. The Morgan fingerprint density at radius 1 is 0.871 bits per heavy atom. The standard InChI is InChI=1S/C23H17F3N2O3/c24-23(25,26)14-6-4-5-13(11-14)12-27-16-9-10-17(29)20(27)19-18(16)21(30)28(22(19)31)15-7-2-1-3-8-15/h1-11,16,18-20H,12H2. The van der Waals surface area contributed by atoms with Crippen molar-refractivity contribution in [3.63, 3.8) is 0 Å². The van der Waals surface area contributed by atoms with E-state index in [-0.39, 0.29) is 18.2 Å². The minimum absolute atomic E-state index is 0.0359. The van der Waals surface area contributed by atoms with E-state index in [1.54, 1.807) is 47.4 Å². The summed E-state index contributed by atoms with van der Waals surface area (Å²) < 4.78 is 39.3. The molecule has 2 aromatic rings. The Labute approximate surface area is 175 Å². The quantitative estimate of drug-likeness (QED) is 0.708. The van der Waals surface area contributed by atoms with Gasteiger partial charge in [-0.05, 0) is 29.8 Å². The molecule has 2 saturated heterocycles. The highest BCUT2D eigenvalue weighted by atomic mass is 19.4. The summed E-state index contributed by atoms with van der Waals surface area (Å²) in [4.78, 5) is 42.0. The van der Waals surface area contributed by atoms with Gasteiger partial charge in [0.1, 0.15) is 0 Å². The van der Waals surface area contributed by atoms with E-state index in [9.17, 15) is 27.6 Å². The molecule has 158 valence electrons. The number of nitrogens with zero attached hydrogens (tertiary/aromatic N) is 2. The largest absolute Gasteiger partial charge is 0.416 e. The lowest BCUT2D eigenvalue weighted by Crippen LogP contribution is -2.48. The fourth-order valence-electron chi connectivity index (χ4n) is 4.96. The highest BCUT2D eigenvalue weighted by Gasteiger charge is 2.64. The third kappa shape index (κ3) is 3.01. The number of ketones is 1. The Balaban J connectivity index is 1.49. The maximum atomic E-state index is 13.2. The zero-order valence-corrected chi connectivity index (χ0v) is 16.1. The molecule has 3 heterocycles. The summed E-state index contributed by atoms with van der Waals surface area (Å²) in [6, 6.07) is 12.0. The van der Waals surface area contributed by atoms with Crippen LogP contribution in [0, 0.1) is 11.8 Å². The topological polar surface area (TPSA) is 57.7 Å². The Morgan fingerprint density at radius 2 is 1.58 bits per heavy atom. The normalized spacial score (nSPS) is 27.8. The Hall–Kier alpha value is -3.26. The molecule has 2 amide bonds. The highest BCUT2D eigenvalue weighted by Crippen LogP contribution is 2.47. The zero-order chi connectivity index (χ0) is 21.9. The first-order chi connectivity index (χ1) is 14.8. The first-order valence-corrected chi connectivity index (χ1v) is 9.84. The van der Waals surface area contributed by atoms with E-state index in [1.165, 1.54) is 12.1 Å². The fourth-order valence-corrected chi connectivity index (χ4v) is 4.96. The number of benzene rings is 2. The molecule has 0 aliphatic carbocycles. The molecule has 2 bridgehead atoms. The molecule has 5 rings (SSSR count). The molecule has 0 aromatic heterocycles. The number of alkyl halides is 3. The molecular formula is C23H17F3N2O3. The SMILES string of the molecule is O=C1C=CC2C3C(=O)N(c4ccccc4)C(=O)C3C1N2Cc1cccc(C(F)(F)F)c1. The van der Waals surface area contributed by atoms with Crippen molar-refractivity contribution in [1.82, 2.24) is 4.90 Å². The van der Waals surface area contributed by atoms with Crippen molar-refractivity contribution in [1.29, 1.82) is 0 Å². The predicted octanol–water partition coefficient (Wildman–Crippen LogP) is 3.20. The number of halogens is 3. The van der Waals surface area contributed by atoms with Crippen molar-refractivity contribution in [2.75, 3.05) is 4.90 Å². The van der Waals surface area contributed by atoms with Crippen molar-refractivity contribution in [2.45, 2.75) is 24.8 Å². The Bertz CT molecular complexity index is 1110. The number of amides is 2. The van der Waals surface area contributed by atoms with Gasteiger partial charge in [0.25, 0.3) is 0 Å². The lowest BCUT2D eigenvalue weighted by molar-refractivity contribution is -0.137. The maximum Gasteiger partial charge on any atom is 0.416 e. The van der Waals surface area contributed by atoms with E-state index in [1.807, 2.05) is 0 Å². The number of hydrogen-bond acceptors (Lipinski definition) is 4. The van der Waals surface area contributed by atoms with Crippen LogP contribution in [0.15, 0.2) is 66.7 Å². The van der Waals surface area contributed by atoms with Gasteiger partial charge in [0.2, 0.25) is 11.8 Å². The summed E-state index contributed by atoms with van der Waals surface area (Å²) in [5, 5.41) is 0. The second-order valence-corrected chi connectivity index (χ2v) is 7.97. The Kier molecular flexibility index (Phi) is 4.37. The van der Waals surface area contributed by atoms with Gasteiger partial charge < -0.3 is 0 Å². The Morgan fingerprint density at radius 3 is 2.29 bits per heavy atom. The fraction of sp³-hybridized carbons (Fsp3) is 0.261. The summed E-state index contributed by atoms with van der Waals surface area (Å²) in [5.41, 5.74) is 0.0392. The molecule has 0 radical (unpaired) electrons. The van der Waals surface area contributed by atoms with Crippen molar-refractivity contribution >= 4 is 23.3 Å². The number of para-hydroxylation sites is 1. The van der Waals surface area contributed by atoms with Crippen molar-refractivity contribution in [3.05, 3.63) is 77.9 Å². The first-order valence-electron chi connectivity index (χ1n) is 9.84. The molecule has 8 heteroatoms. The van der Waals surface area contributed by atoms with Crippen molar-refractivity contribution in [3.8, 4) is 0 Å². The number of hydrogen-bond donors (Lipinski definition) is 0. The van der Waals surface area contributed by atoms with Crippen LogP contribution >= 0.6 is 0 Å². The van der Waals surface area contributed by atoms with Gasteiger partial charge in [0.05, 0.1) is 29.1 Å². The third-order valence-corrected chi connectivity index (χ3v) is 6.23. The number of imide groups is 1. The van der Waals surface area contributed by atoms with Crippen LogP contribution in [-0.4, -0.2) is 34.6 Å². The van der Waals surface area contributed by atoms with Crippen LogP contribution in [0.5, 0.6) is 0 Å². The molecule has 4 unspecified atom stereocenters. The van der Waals surface area contributed by atoms with Gasteiger partial charge in [-0.25, -0.2) is 4.90 Å². The predicted molar refractivity (Wildman–Crippen MR) is 105 cm³/mol. The summed E-state index contributed by atoms with van der Waals surface area (Å²) in [6.45, 7) is 0.0359. The van der Waals surface area contributed by atoms with E-state index < -0.39 is 41.6 Å². The van der Waals surface area contributed by atoms with E-state index in [0.717, 1.165) is 17.0 Å². The third-order valence-electron chi connectivity index (χ3n) is 6.23. The van der Waals surface area contributed by atoms with Crippen LogP contribution in [-0.2, 0) is 27.1 Å².